The van der Waals surface area contributed by atoms with Gasteiger partial charge in [0.1, 0.15) is 18.2 Å². The second kappa shape index (κ2) is 5.77. The third-order valence-electron chi connectivity index (χ3n) is 2.78. The fourth-order valence-corrected chi connectivity index (χ4v) is 1.86. The lowest BCUT2D eigenvalue weighted by molar-refractivity contribution is -0.385. The molecule has 1 heterocycles. The minimum absolute atomic E-state index is 0.0129. The quantitative estimate of drug-likeness (QED) is 0.613. The molecule has 0 saturated carbocycles. The monoisotopic (exact) mass is 255 g/mol. The highest BCUT2D eigenvalue weighted by Gasteiger charge is 2.16. The van der Waals surface area contributed by atoms with Crippen molar-refractivity contribution in [2.45, 2.75) is 25.4 Å². The predicted octanol–water partition coefficient (Wildman–Crippen LogP) is 2.68. The number of rotatable bonds is 4. The first-order valence-electron chi connectivity index (χ1n) is 5.84. The molecule has 1 fully saturated rings. The number of ether oxygens (including phenoxy) is 2. The fraction of sp³-hybridized carbons (Fsp3) is 0.500. The molecule has 1 aliphatic rings. The molecular weight excluding hydrogens is 241 g/mol. The van der Waals surface area contributed by atoms with Crippen LogP contribution in [0.1, 0.15) is 19.3 Å². The van der Waals surface area contributed by atoms with Crippen LogP contribution in [0, 0.1) is 15.9 Å². The molecule has 1 saturated heterocycles. The molecule has 1 aliphatic heterocycles. The topological polar surface area (TPSA) is 61.6 Å². The van der Waals surface area contributed by atoms with Gasteiger partial charge >= 0.3 is 0 Å². The first-order chi connectivity index (χ1) is 8.65. The van der Waals surface area contributed by atoms with Gasteiger partial charge in [0.25, 0.3) is 5.69 Å². The number of halogens is 1. The highest BCUT2D eigenvalue weighted by atomic mass is 19.1. The number of non-ortho nitro benzene ring substituents is 1. The van der Waals surface area contributed by atoms with Crippen LogP contribution in [-0.4, -0.2) is 24.2 Å². The maximum Gasteiger partial charge on any atom is 0.276 e. The Morgan fingerprint density at radius 2 is 2.28 bits per heavy atom. The number of hydrogen-bond acceptors (Lipinski definition) is 4. The van der Waals surface area contributed by atoms with E-state index in [0.717, 1.165) is 31.4 Å². The van der Waals surface area contributed by atoms with Crippen LogP contribution in [0.25, 0.3) is 0 Å². The van der Waals surface area contributed by atoms with E-state index in [0.29, 0.717) is 13.2 Å². The Morgan fingerprint density at radius 3 is 2.94 bits per heavy atom. The Balaban J connectivity index is 1.97. The normalized spacial score (nSPS) is 19.5. The molecule has 0 radical (unpaired) electrons. The van der Waals surface area contributed by atoms with Crippen molar-refractivity contribution in [3.8, 4) is 5.75 Å². The molecule has 2 rings (SSSR count). The number of hydrogen-bond donors (Lipinski definition) is 0. The molecular formula is C12H14FNO4. The Bertz CT molecular complexity index is 432. The van der Waals surface area contributed by atoms with Crippen LogP contribution in [-0.2, 0) is 4.74 Å². The van der Waals surface area contributed by atoms with Gasteiger partial charge in [0, 0.05) is 12.7 Å². The van der Waals surface area contributed by atoms with Gasteiger partial charge in [-0.1, -0.05) is 0 Å². The molecule has 5 nitrogen and oxygen atoms in total. The molecule has 0 amide bonds. The zero-order valence-corrected chi connectivity index (χ0v) is 9.80. The third-order valence-corrected chi connectivity index (χ3v) is 2.78. The summed E-state index contributed by atoms with van der Waals surface area (Å²) in [5.41, 5.74) is -0.311. The highest BCUT2D eigenvalue weighted by molar-refractivity contribution is 5.38. The van der Waals surface area contributed by atoms with Crippen molar-refractivity contribution in [3.63, 3.8) is 0 Å². The van der Waals surface area contributed by atoms with Crippen molar-refractivity contribution in [2.24, 2.45) is 0 Å². The number of nitrogens with zero attached hydrogens (tertiary/aromatic N) is 1. The molecule has 6 heteroatoms. The van der Waals surface area contributed by atoms with Gasteiger partial charge in [0.15, 0.2) is 0 Å². The predicted molar refractivity (Wildman–Crippen MR) is 62.1 cm³/mol. The third kappa shape index (κ3) is 3.40. The van der Waals surface area contributed by atoms with Gasteiger partial charge in [-0.15, -0.1) is 0 Å². The van der Waals surface area contributed by atoms with Crippen molar-refractivity contribution in [1.29, 1.82) is 0 Å². The number of nitro benzene ring substituents is 1. The Morgan fingerprint density at radius 1 is 1.44 bits per heavy atom. The standard InChI is InChI=1S/C12H14FNO4/c13-9-5-10(14(15)16)7-12(6-9)18-8-11-3-1-2-4-17-11/h5-7,11H,1-4,8H2. The van der Waals surface area contributed by atoms with Gasteiger partial charge in [0.05, 0.1) is 23.2 Å². The molecule has 18 heavy (non-hydrogen) atoms. The summed E-state index contributed by atoms with van der Waals surface area (Å²) in [6, 6.07) is 3.21. The summed E-state index contributed by atoms with van der Waals surface area (Å²) in [6.07, 6.45) is 3.01. The Kier molecular flexibility index (Phi) is 4.09. The minimum Gasteiger partial charge on any atom is -0.491 e. The molecule has 98 valence electrons. The lowest BCUT2D eigenvalue weighted by Gasteiger charge is -2.22. The van der Waals surface area contributed by atoms with Gasteiger partial charge < -0.3 is 9.47 Å². The van der Waals surface area contributed by atoms with Crippen LogP contribution in [0.3, 0.4) is 0 Å². The zero-order valence-electron chi connectivity index (χ0n) is 9.80. The molecule has 0 aliphatic carbocycles. The summed E-state index contributed by atoms with van der Waals surface area (Å²) in [5, 5.41) is 10.6. The minimum atomic E-state index is -0.677. The van der Waals surface area contributed by atoms with E-state index in [2.05, 4.69) is 0 Å². The average Bonchev–Trinajstić information content (AvgIpc) is 2.37. The van der Waals surface area contributed by atoms with Crippen LogP contribution < -0.4 is 4.74 Å². The van der Waals surface area contributed by atoms with E-state index in [1.165, 1.54) is 6.07 Å². The summed E-state index contributed by atoms with van der Waals surface area (Å²) >= 11 is 0. The largest absolute Gasteiger partial charge is 0.491 e. The first kappa shape index (κ1) is 12.8. The van der Waals surface area contributed by atoms with Crippen molar-refractivity contribution in [1.82, 2.24) is 0 Å². The van der Waals surface area contributed by atoms with Gasteiger partial charge in [-0.05, 0) is 19.3 Å². The number of benzene rings is 1. The second-order valence-electron chi connectivity index (χ2n) is 4.20. The lowest BCUT2D eigenvalue weighted by Crippen LogP contribution is -2.25. The van der Waals surface area contributed by atoms with Crippen LogP contribution >= 0.6 is 0 Å². The average molecular weight is 255 g/mol. The SMILES string of the molecule is O=[N+]([O-])c1cc(F)cc(OCC2CCCCO2)c1. The maximum atomic E-state index is 13.1. The fourth-order valence-electron chi connectivity index (χ4n) is 1.86. The van der Waals surface area contributed by atoms with E-state index in [-0.39, 0.29) is 17.5 Å². The highest BCUT2D eigenvalue weighted by Crippen LogP contribution is 2.23. The smallest absolute Gasteiger partial charge is 0.276 e. The lowest BCUT2D eigenvalue weighted by atomic mass is 10.1. The first-order valence-corrected chi connectivity index (χ1v) is 5.84. The van der Waals surface area contributed by atoms with Crippen LogP contribution in [0.5, 0.6) is 5.75 Å². The van der Waals surface area contributed by atoms with E-state index in [1.54, 1.807) is 0 Å². The molecule has 0 spiro atoms. The molecule has 1 unspecified atom stereocenters. The van der Waals surface area contributed by atoms with Gasteiger partial charge in [-0.3, -0.25) is 10.1 Å². The Hall–Kier alpha value is -1.69. The van der Waals surface area contributed by atoms with Crippen molar-refractivity contribution < 1.29 is 18.8 Å². The van der Waals surface area contributed by atoms with Crippen molar-refractivity contribution in [2.75, 3.05) is 13.2 Å². The van der Waals surface area contributed by atoms with Gasteiger partial charge in [0.2, 0.25) is 0 Å². The summed E-state index contributed by atoms with van der Waals surface area (Å²) in [5.74, 6) is -0.514. The van der Waals surface area contributed by atoms with Gasteiger partial charge in [-0.25, -0.2) is 4.39 Å². The van der Waals surface area contributed by atoms with Crippen LogP contribution in [0.15, 0.2) is 18.2 Å². The molecule has 1 aromatic rings. The summed E-state index contributed by atoms with van der Waals surface area (Å²) < 4.78 is 23.9. The summed E-state index contributed by atoms with van der Waals surface area (Å²) in [4.78, 5) is 9.92. The number of nitro groups is 1. The van der Waals surface area contributed by atoms with E-state index >= 15 is 0 Å². The molecule has 0 bridgehead atoms. The van der Waals surface area contributed by atoms with Crippen molar-refractivity contribution in [3.05, 3.63) is 34.1 Å². The molecule has 1 atom stereocenters. The maximum absolute atomic E-state index is 13.1. The van der Waals surface area contributed by atoms with Crippen molar-refractivity contribution >= 4 is 5.69 Å². The van der Waals surface area contributed by atoms with E-state index in [1.807, 2.05) is 0 Å². The second-order valence-corrected chi connectivity index (χ2v) is 4.20. The summed E-state index contributed by atoms with van der Waals surface area (Å²) in [7, 11) is 0. The molecule has 1 aromatic carbocycles. The van der Waals surface area contributed by atoms with E-state index in [4.69, 9.17) is 9.47 Å². The van der Waals surface area contributed by atoms with Crippen LogP contribution in [0.2, 0.25) is 0 Å². The van der Waals surface area contributed by atoms with Gasteiger partial charge in [-0.2, -0.15) is 0 Å². The molecule has 0 aromatic heterocycles. The van der Waals surface area contributed by atoms with E-state index < -0.39 is 10.7 Å². The molecule has 0 N–H and O–H groups in total. The zero-order chi connectivity index (χ0) is 13.0. The Labute approximate surface area is 104 Å². The van der Waals surface area contributed by atoms with Crippen LogP contribution in [0.4, 0.5) is 10.1 Å². The van der Waals surface area contributed by atoms with E-state index in [9.17, 15) is 14.5 Å². The summed E-state index contributed by atoms with van der Waals surface area (Å²) in [6.45, 7) is 0.998.